The Morgan fingerprint density at radius 1 is 0.882 bits per heavy atom. The number of hydrogen-bond acceptors (Lipinski definition) is 6. The average Bonchev–Trinajstić information content (AvgIpc) is 3.13. The van der Waals surface area contributed by atoms with Gasteiger partial charge < -0.3 is 30.6 Å². The van der Waals surface area contributed by atoms with Crippen molar-refractivity contribution in [3.8, 4) is 5.75 Å². The number of nitrogens with two attached hydrogens (primary N) is 1. The van der Waals surface area contributed by atoms with Gasteiger partial charge >= 0.3 is 0 Å². The molecule has 274 valence electrons. The molecule has 9 heteroatoms. The predicted octanol–water partition coefficient (Wildman–Crippen LogP) is 9.09. The SMILES string of the molecule is CNC(=O)[C@](CC[C@H](O[Si](C)(C)C(C)(C)C)c1ccc(F)cc1)([C@H](C)[C@H](O)c1ccccc1)[C@@H](Nc1ccc(CN)cc1)c1ccc(OC)cc1. The van der Waals surface area contributed by atoms with Crippen LogP contribution in [0.3, 0.4) is 0 Å². The lowest BCUT2D eigenvalue weighted by Crippen LogP contribution is -2.52. The van der Waals surface area contributed by atoms with Gasteiger partial charge in [-0.1, -0.05) is 94.4 Å². The van der Waals surface area contributed by atoms with Crippen LogP contribution in [0.4, 0.5) is 10.1 Å². The number of rotatable bonds is 16. The molecule has 0 radical (unpaired) electrons. The quantitative estimate of drug-likeness (QED) is 0.0864. The number of anilines is 1. The molecular weight excluding hydrogens is 658 g/mol. The van der Waals surface area contributed by atoms with E-state index in [0.717, 1.165) is 22.4 Å². The molecule has 5 atom stereocenters. The highest BCUT2D eigenvalue weighted by Crippen LogP contribution is 2.53. The number of hydrogen-bond donors (Lipinski definition) is 4. The van der Waals surface area contributed by atoms with Crippen molar-refractivity contribution in [1.29, 1.82) is 0 Å². The number of carbonyl (C=O) groups is 1. The molecule has 0 saturated carbocycles. The molecule has 0 heterocycles. The van der Waals surface area contributed by atoms with Crippen LogP contribution in [0.15, 0.2) is 103 Å². The molecule has 0 spiro atoms. The second-order valence-corrected chi connectivity index (χ2v) is 19.7. The van der Waals surface area contributed by atoms with Crippen LogP contribution < -0.4 is 21.1 Å². The lowest BCUT2D eigenvalue weighted by molar-refractivity contribution is -0.140. The summed E-state index contributed by atoms with van der Waals surface area (Å²) in [5, 5.41) is 18.8. The second kappa shape index (κ2) is 17.0. The highest BCUT2D eigenvalue weighted by Gasteiger charge is 2.53. The zero-order valence-corrected chi connectivity index (χ0v) is 32.4. The van der Waals surface area contributed by atoms with Gasteiger partial charge in [0.25, 0.3) is 0 Å². The number of ether oxygens (including phenoxy) is 1. The van der Waals surface area contributed by atoms with Crippen molar-refractivity contribution in [2.45, 2.75) is 83.5 Å². The van der Waals surface area contributed by atoms with E-state index in [2.05, 4.69) is 44.5 Å². The van der Waals surface area contributed by atoms with Crippen molar-refractivity contribution in [1.82, 2.24) is 5.32 Å². The number of nitrogens with one attached hydrogen (secondary N) is 2. The standard InChI is InChI=1S/C42H56FN3O4Si/c1-29(38(47)32-12-10-9-11-13-32)42(40(48)45-5,27-26-37(31-16-20-34(43)21-17-31)50-51(7,8)41(2,3)4)39(33-18-24-36(49-6)25-19-33)46-35-22-14-30(28-44)15-23-35/h9-25,29,37-39,46-47H,26-28,44H2,1-8H3,(H,45,48)/t29-,37+,38+,39+,42-/m1/s1. The molecule has 5 N–H and O–H groups in total. The Hall–Kier alpha value is -4.02. The third kappa shape index (κ3) is 9.26. The largest absolute Gasteiger partial charge is 0.497 e. The molecule has 0 aliphatic heterocycles. The third-order valence-electron chi connectivity index (χ3n) is 10.8. The summed E-state index contributed by atoms with van der Waals surface area (Å²) < 4.78 is 26.8. The van der Waals surface area contributed by atoms with Crippen LogP contribution in [0.25, 0.3) is 0 Å². The normalized spacial score (nSPS) is 15.6. The fourth-order valence-electron chi connectivity index (χ4n) is 6.62. The first-order valence-corrected chi connectivity index (χ1v) is 20.7. The molecule has 4 aromatic carbocycles. The topological polar surface area (TPSA) is 106 Å². The molecule has 51 heavy (non-hydrogen) atoms. The van der Waals surface area contributed by atoms with Gasteiger partial charge in [-0.05, 0) is 89.6 Å². The zero-order valence-electron chi connectivity index (χ0n) is 31.4. The highest BCUT2D eigenvalue weighted by molar-refractivity contribution is 6.74. The summed E-state index contributed by atoms with van der Waals surface area (Å²) in [5.74, 6) is -0.466. The Morgan fingerprint density at radius 2 is 1.47 bits per heavy atom. The van der Waals surface area contributed by atoms with Crippen LogP contribution in [0.1, 0.15) is 81.0 Å². The van der Waals surface area contributed by atoms with E-state index in [1.54, 1.807) is 26.3 Å². The Morgan fingerprint density at radius 3 is 2.00 bits per heavy atom. The van der Waals surface area contributed by atoms with Gasteiger partial charge in [0.1, 0.15) is 11.6 Å². The third-order valence-corrected chi connectivity index (χ3v) is 15.3. The van der Waals surface area contributed by atoms with E-state index in [1.165, 1.54) is 12.1 Å². The molecule has 0 unspecified atom stereocenters. The Labute approximate surface area is 304 Å². The van der Waals surface area contributed by atoms with Crippen LogP contribution in [0, 0.1) is 17.2 Å². The van der Waals surface area contributed by atoms with Crippen LogP contribution in [-0.4, -0.2) is 33.5 Å². The first-order valence-electron chi connectivity index (χ1n) is 17.7. The number of halogens is 1. The predicted molar refractivity (Wildman–Crippen MR) is 207 cm³/mol. The van der Waals surface area contributed by atoms with Gasteiger partial charge in [-0.15, -0.1) is 0 Å². The summed E-state index contributed by atoms with van der Waals surface area (Å²) in [6.07, 6.45) is -0.676. The van der Waals surface area contributed by atoms with Gasteiger partial charge in [-0.3, -0.25) is 4.79 Å². The summed E-state index contributed by atoms with van der Waals surface area (Å²) in [5.41, 5.74) is 8.86. The van der Waals surface area contributed by atoms with Gasteiger partial charge in [-0.2, -0.15) is 0 Å². The van der Waals surface area contributed by atoms with Gasteiger partial charge in [0.05, 0.1) is 30.8 Å². The van der Waals surface area contributed by atoms with Gasteiger partial charge in [-0.25, -0.2) is 4.39 Å². The van der Waals surface area contributed by atoms with Crippen molar-refractivity contribution in [2.24, 2.45) is 17.1 Å². The van der Waals surface area contributed by atoms with Crippen molar-refractivity contribution >= 4 is 19.9 Å². The number of benzene rings is 4. The number of aliphatic hydroxyl groups is 1. The van der Waals surface area contributed by atoms with Crippen molar-refractivity contribution in [3.05, 3.63) is 131 Å². The first-order chi connectivity index (χ1) is 24.2. The van der Waals surface area contributed by atoms with E-state index in [-0.39, 0.29) is 16.8 Å². The van der Waals surface area contributed by atoms with Crippen LogP contribution >= 0.6 is 0 Å². The Kier molecular flexibility index (Phi) is 13.2. The molecule has 0 aliphatic rings. The molecule has 0 aromatic heterocycles. The molecule has 0 fully saturated rings. The van der Waals surface area contributed by atoms with Crippen LogP contribution in [0.5, 0.6) is 5.75 Å². The molecule has 0 saturated heterocycles. The summed E-state index contributed by atoms with van der Waals surface area (Å²) >= 11 is 0. The summed E-state index contributed by atoms with van der Waals surface area (Å²) in [4.78, 5) is 14.9. The lowest BCUT2D eigenvalue weighted by Gasteiger charge is -2.47. The number of methoxy groups -OCH3 is 1. The number of carbonyl (C=O) groups excluding carboxylic acids is 1. The zero-order chi connectivity index (χ0) is 37.4. The molecule has 0 bridgehead atoms. The van der Waals surface area contributed by atoms with Gasteiger partial charge in [0.2, 0.25) is 5.91 Å². The maximum absolute atomic E-state index is 14.9. The minimum absolute atomic E-state index is 0.0944. The van der Waals surface area contributed by atoms with Crippen molar-refractivity contribution in [2.75, 3.05) is 19.5 Å². The fraction of sp³-hybridized carbons (Fsp3) is 0.405. The van der Waals surface area contributed by atoms with E-state index in [1.807, 2.05) is 85.8 Å². The lowest BCUT2D eigenvalue weighted by atomic mass is 9.62. The maximum Gasteiger partial charge on any atom is 0.228 e. The minimum atomic E-state index is -2.35. The Bertz CT molecular complexity index is 1680. The molecule has 1 amide bonds. The summed E-state index contributed by atoms with van der Waals surface area (Å²) in [7, 11) is 0.909. The van der Waals surface area contributed by atoms with E-state index >= 15 is 0 Å². The summed E-state index contributed by atoms with van der Waals surface area (Å²) in [6, 6.07) is 30.9. The first kappa shape index (κ1) is 39.8. The van der Waals surface area contributed by atoms with Crippen LogP contribution in [-0.2, 0) is 15.8 Å². The van der Waals surface area contributed by atoms with Crippen molar-refractivity contribution < 1.29 is 23.5 Å². The van der Waals surface area contributed by atoms with E-state index in [9.17, 15) is 14.3 Å². The fourth-order valence-corrected chi connectivity index (χ4v) is 7.94. The molecule has 4 aromatic rings. The Balaban J connectivity index is 1.95. The van der Waals surface area contributed by atoms with Crippen molar-refractivity contribution in [3.63, 3.8) is 0 Å². The van der Waals surface area contributed by atoms with E-state index < -0.39 is 37.9 Å². The molecular formula is C42H56FN3O4Si. The van der Waals surface area contributed by atoms with Crippen LogP contribution in [0.2, 0.25) is 18.1 Å². The van der Waals surface area contributed by atoms with Gasteiger partial charge in [0, 0.05) is 25.2 Å². The molecule has 4 rings (SSSR count). The minimum Gasteiger partial charge on any atom is -0.497 e. The number of amides is 1. The smallest absolute Gasteiger partial charge is 0.228 e. The van der Waals surface area contributed by atoms with Gasteiger partial charge in [0.15, 0.2) is 8.32 Å². The maximum atomic E-state index is 14.9. The molecule has 0 aliphatic carbocycles. The van der Waals surface area contributed by atoms with E-state index in [4.69, 9.17) is 14.9 Å². The summed E-state index contributed by atoms with van der Waals surface area (Å²) in [6.45, 7) is 13.3. The monoisotopic (exact) mass is 713 g/mol. The average molecular weight is 714 g/mol. The number of aliphatic hydroxyl groups excluding tert-OH is 1. The highest BCUT2D eigenvalue weighted by atomic mass is 28.4. The molecule has 7 nitrogen and oxygen atoms in total. The second-order valence-electron chi connectivity index (χ2n) is 15.0. The van der Waals surface area contributed by atoms with E-state index in [0.29, 0.717) is 30.7 Å².